The van der Waals surface area contributed by atoms with Gasteiger partial charge in [-0.25, -0.2) is 15.1 Å². The molecular weight excluding hydrogens is 260 g/mol. The molecule has 82 valence electrons. The van der Waals surface area contributed by atoms with E-state index in [0.29, 0.717) is 11.0 Å². The molecule has 1 aromatic rings. The van der Waals surface area contributed by atoms with Crippen LogP contribution in [0.4, 0.5) is 0 Å². The fraction of sp³-hybridized carbons (Fsp3) is 0.333. The Morgan fingerprint density at radius 2 is 2.67 bits per heavy atom. The zero-order chi connectivity index (χ0) is 11.3. The molecule has 0 aliphatic rings. The van der Waals surface area contributed by atoms with E-state index in [1.165, 1.54) is 23.1 Å². The lowest BCUT2D eigenvalue weighted by atomic mass is 10.5. The SMILES string of the molecule is CSC(=N[N+](=O)[O-])NCc1cnc(Cl)s1. The van der Waals surface area contributed by atoms with Crippen molar-refractivity contribution in [1.29, 1.82) is 0 Å². The number of amidine groups is 1. The van der Waals surface area contributed by atoms with Crippen LogP contribution in [0.5, 0.6) is 0 Å². The normalized spacial score (nSPS) is 11.5. The van der Waals surface area contributed by atoms with Crippen LogP contribution in [0.1, 0.15) is 4.88 Å². The van der Waals surface area contributed by atoms with Gasteiger partial charge in [-0.15, -0.1) is 11.3 Å². The zero-order valence-corrected chi connectivity index (χ0v) is 10.0. The van der Waals surface area contributed by atoms with Crippen LogP contribution in [-0.4, -0.2) is 21.4 Å². The Morgan fingerprint density at radius 3 is 3.13 bits per heavy atom. The molecule has 9 heteroatoms. The summed E-state index contributed by atoms with van der Waals surface area (Å²) in [6, 6.07) is 0. The summed E-state index contributed by atoms with van der Waals surface area (Å²) < 4.78 is 0.448. The number of thiazole rings is 1. The predicted molar refractivity (Wildman–Crippen MR) is 61.9 cm³/mol. The zero-order valence-electron chi connectivity index (χ0n) is 7.64. The fourth-order valence-corrected chi connectivity index (χ4v) is 2.03. The van der Waals surface area contributed by atoms with E-state index >= 15 is 0 Å². The minimum atomic E-state index is -0.738. The first-order valence-corrected chi connectivity index (χ1v) is 6.15. The first-order chi connectivity index (χ1) is 7.11. The summed E-state index contributed by atoms with van der Waals surface area (Å²) in [5.74, 6) is 0. The number of nitrogens with one attached hydrogen (secondary N) is 1. The van der Waals surface area contributed by atoms with Gasteiger partial charge in [0, 0.05) is 11.1 Å². The second-order valence-corrected chi connectivity index (χ2v) is 4.77. The monoisotopic (exact) mass is 266 g/mol. The number of thioether (sulfide) groups is 1. The number of halogens is 1. The van der Waals surface area contributed by atoms with Gasteiger partial charge < -0.3 is 5.32 Å². The molecule has 0 amide bonds. The van der Waals surface area contributed by atoms with Crippen LogP contribution in [0.25, 0.3) is 0 Å². The predicted octanol–water partition coefficient (Wildman–Crippen LogP) is 1.80. The number of nitro groups is 1. The Balaban J connectivity index is 2.51. The minimum absolute atomic E-state index is 0.254. The highest BCUT2D eigenvalue weighted by Gasteiger charge is 2.04. The largest absolute Gasteiger partial charge is 0.355 e. The number of hydrogen-bond donors (Lipinski definition) is 1. The summed E-state index contributed by atoms with van der Waals surface area (Å²) in [4.78, 5) is 14.9. The van der Waals surface area contributed by atoms with E-state index in [9.17, 15) is 10.1 Å². The molecule has 0 atom stereocenters. The van der Waals surface area contributed by atoms with Crippen molar-refractivity contribution in [1.82, 2.24) is 10.3 Å². The van der Waals surface area contributed by atoms with E-state index in [1.807, 2.05) is 0 Å². The Bertz CT molecular complexity index is 381. The number of hydrogen-bond acceptors (Lipinski definition) is 5. The Labute approximate surface area is 98.9 Å². The van der Waals surface area contributed by atoms with Crippen molar-refractivity contribution in [3.63, 3.8) is 0 Å². The van der Waals surface area contributed by atoms with Crippen LogP contribution in [0.3, 0.4) is 0 Å². The van der Waals surface area contributed by atoms with E-state index < -0.39 is 5.03 Å². The van der Waals surface area contributed by atoms with Crippen molar-refractivity contribution >= 4 is 39.9 Å². The molecule has 1 N–H and O–H groups in total. The van der Waals surface area contributed by atoms with Crippen LogP contribution in [0.2, 0.25) is 4.47 Å². The van der Waals surface area contributed by atoms with Crippen molar-refractivity contribution in [2.24, 2.45) is 5.10 Å². The molecule has 0 bridgehead atoms. The van der Waals surface area contributed by atoms with Crippen LogP contribution in [0.15, 0.2) is 11.3 Å². The van der Waals surface area contributed by atoms with Gasteiger partial charge in [0.05, 0.1) is 11.6 Å². The average Bonchev–Trinajstić information content (AvgIpc) is 2.58. The highest BCUT2D eigenvalue weighted by molar-refractivity contribution is 8.13. The highest BCUT2D eigenvalue weighted by atomic mass is 35.5. The lowest BCUT2D eigenvalue weighted by molar-refractivity contribution is -0.484. The molecule has 0 unspecified atom stereocenters. The standard InChI is InChI=1S/C6H7ClN4O2S2/c1-14-6(10-11(12)13)9-3-4-2-8-5(7)15-4/h2H,3H2,1H3,(H,9,10). The van der Waals surface area contributed by atoms with E-state index in [-0.39, 0.29) is 5.17 Å². The number of aromatic nitrogens is 1. The smallest absolute Gasteiger partial charge is 0.235 e. The van der Waals surface area contributed by atoms with Gasteiger partial charge in [-0.1, -0.05) is 23.4 Å². The highest BCUT2D eigenvalue weighted by Crippen LogP contribution is 2.17. The number of nitrogens with zero attached hydrogens (tertiary/aromatic N) is 3. The van der Waals surface area contributed by atoms with Gasteiger partial charge in [0.25, 0.3) is 0 Å². The van der Waals surface area contributed by atoms with E-state index in [4.69, 9.17) is 11.6 Å². The topological polar surface area (TPSA) is 80.4 Å². The fourth-order valence-electron chi connectivity index (χ4n) is 0.751. The third-order valence-corrected chi connectivity index (χ3v) is 3.03. The average molecular weight is 267 g/mol. The Kier molecular flexibility index (Phi) is 4.79. The van der Waals surface area contributed by atoms with Crippen molar-refractivity contribution in [2.45, 2.75) is 6.54 Å². The molecule has 15 heavy (non-hydrogen) atoms. The van der Waals surface area contributed by atoms with E-state index in [2.05, 4.69) is 15.4 Å². The minimum Gasteiger partial charge on any atom is -0.355 e. The summed E-state index contributed by atoms with van der Waals surface area (Å²) in [5, 5.41) is 15.6. The van der Waals surface area contributed by atoms with E-state index in [1.54, 1.807) is 12.5 Å². The van der Waals surface area contributed by atoms with E-state index in [0.717, 1.165) is 4.88 Å². The molecule has 1 heterocycles. The molecule has 1 aromatic heterocycles. The molecule has 0 aliphatic heterocycles. The molecule has 0 radical (unpaired) electrons. The second-order valence-electron chi connectivity index (χ2n) is 2.28. The number of hydrazone groups is 1. The first-order valence-electron chi connectivity index (χ1n) is 3.73. The molecule has 0 spiro atoms. The lowest BCUT2D eigenvalue weighted by Gasteiger charge is -2.00. The molecule has 0 saturated carbocycles. The quantitative estimate of drug-likeness (QED) is 0.390. The Hall–Kier alpha value is -0.860. The van der Waals surface area contributed by atoms with Gasteiger partial charge in [-0.2, -0.15) is 0 Å². The van der Waals surface area contributed by atoms with Gasteiger partial charge >= 0.3 is 0 Å². The summed E-state index contributed by atoms with van der Waals surface area (Å²) in [6.07, 6.45) is 3.32. The maximum absolute atomic E-state index is 10.1. The van der Waals surface area contributed by atoms with Crippen LogP contribution in [0, 0.1) is 10.1 Å². The van der Waals surface area contributed by atoms with Crippen LogP contribution < -0.4 is 5.32 Å². The van der Waals surface area contributed by atoms with Crippen molar-refractivity contribution in [3.8, 4) is 0 Å². The third-order valence-electron chi connectivity index (χ3n) is 1.31. The summed E-state index contributed by atoms with van der Waals surface area (Å²) in [6.45, 7) is 0.428. The molecule has 0 fully saturated rings. The number of rotatable bonds is 3. The Morgan fingerprint density at radius 1 is 1.93 bits per heavy atom. The second kappa shape index (κ2) is 5.89. The van der Waals surface area contributed by atoms with Crippen molar-refractivity contribution in [2.75, 3.05) is 6.26 Å². The van der Waals surface area contributed by atoms with Gasteiger partial charge in [0.1, 0.15) is 0 Å². The summed E-state index contributed by atoms with van der Waals surface area (Å²) in [5.41, 5.74) is 0. The maximum Gasteiger partial charge on any atom is 0.235 e. The molecule has 0 aliphatic carbocycles. The van der Waals surface area contributed by atoms with Crippen molar-refractivity contribution < 1.29 is 5.03 Å². The van der Waals surface area contributed by atoms with Crippen LogP contribution >= 0.6 is 34.7 Å². The molecule has 1 rings (SSSR count). The lowest BCUT2D eigenvalue weighted by Crippen LogP contribution is -2.20. The summed E-state index contributed by atoms with van der Waals surface area (Å²) >= 11 is 8.12. The molecular formula is C6H7ClN4O2S2. The molecule has 0 aromatic carbocycles. The van der Waals surface area contributed by atoms with Gasteiger partial charge in [0.2, 0.25) is 5.17 Å². The summed E-state index contributed by atoms with van der Waals surface area (Å²) in [7, 11) is 0. The third kappa shape index (κ3) is 4.45. The van der Waals surface area contributed by atoms with Gasteiger partial charge in [0.15, 0.2) is 9.50 Å². The van der Waals surface area contributed by atoms with Gasteiger partial charge in [-0.3, -0.25) is 0 Å². The molecule has 0 saturated heterocycles. The first kappa shape index (κ1) is 12.2. The van der Waals surface area contributed by atoms with Crippen LogP contribution in [-0.2, 0) is 6.54 Å². The maximum atomic E-state index is 10.1. The van der Waals surface area contributed by atoms with Gasteiger partial charge in [-0.05, 0) is 6.26 Å². The van der Waals surface area contributed by atoms with Crippen molar-refractivity contribution in [3.05, 3.63) is 25.7 Å². The molecule has 6 nitrogen and oxygen atoms in total.